The van der Waals surface area contributed by atoms with Crippen LogP contribution < -0.4 is 9.47 Å². The lowest BCUT2D eigenvalue weighted by atomic mass is 9.91. The molecule has 0 aliphatic carbocycles. The summed E-state index contributed by atoms with van der Waals surface area (Å²) in [6, 6.07) is 11.2. The first-order valence-electron chi connectivity index (χ1n) is 20.9. The van der Waals surface area contributed by atoms with Crippen LogP contribution >= 0.6 is 0 Å². The Morgan fingerprint density at radius 3 is 1.65 bits per heavy atom. The van der Waals surface area contributed by atoms with Gasteiger partial charge in [-0.2, -0.15) is 0 Å². The van der Waals surface area contributed by atoms with Gasteiger partial charge in [0.05, 0.1) is 26.4 Å². The van der Waals surface area contributed by atoms with Crippen LogP contribution in [0, 0.1) is 11.8 Å². The van der Waals surface area contributed by atoms with Gasteiger partial charge < -0.3 is 47.4 Å². The van der Waals surface area contributed by atoms with Gasteiger partial charge in [0.25, 0.3) is 0 Å². The number of esters is 3. The zero-order chi connectivity index (χ0) is 43.7. The molecule has 332 valence electrons. The van der Waals surface area contributed by atoms with Gasteiger partial charge in [-0.3, -0.25) is 0 Å². The summed E-state index contributed by atoms with van der Waals surface area (Å²) in [5, 5.41) is 0. The van der Waals surface area contributed by atoms with E-state index in [0.717, 1.165) is 68.8 Å². The molecule has 2 aromatic carbocycles. The Morgan fingerprint density at radius 2 is 1.22 bits per heavy atom. The van der Waals surface area contributed by atoms with Crippen LogP contribution in [0.5, 0.6) is 11.5 Å². The number of cyclic esters (lactones) is 2. The van der Waals surface area contributed by atoms with Crippen LogP contribution in [0.4, 0.5) is 0 Å². The first kappa shape index (κ1) is 49.8. The molecule has 0 bridgehead atoms. The molecule has 0 saturated heterocycles. The quantitative estimate of drug-likeness (QED) is 0.0424. The number of aldehydes is 1. The van der Waals surface area contributed by atoms with Crippen LogP contribution in [0.25, 0.3) is 0 Å². The largest absolute Gasteiger partial charge is 0.496 e. The van der Waals surface area contributed by atoms with E-state index < -0.39 is 30.1 Å². The summed E-state index contributed by atoms with van der Waals surface area (Å²) in [6.07, 6.45) is 12.8. The summed E-state index contributed by atoms with van der Waals surface area (Å²) in [6.45, 7) is 8.27. The molecule has 0 unspecified atom stereocenters. The van der Waals surface area contributed by atoms with E-state index in [1.807, 2.05) is 24.3 Å². The topological polar surface area (TPSA) is 151 Å². The maximum atomic E-state index is 13.3. The van der Waals surface area contributed by atoms with E-state index in [-0.39, 0.29) is 50.7 Å². The van der Waals surface area contributed by atoms with Gasteiger partial charge >= 0.3 is 17.9 Å². The summed E-state index contributed by atoms with van der Waals surface area (Å²) in [5.74, 6) is 0.172. The molecule has 4 rings (SSSR count). The number of aryl methyl sites for hydroxylation is 2. The van der Waals surface area contributed by atoms with Gasteiger partial charge in [0.2, 0.25) is 0 Å². The third-order valence-electron chi connectivity index (χ3n) is 10.7. The molecule has 13 heteroatoms. The van der Waals surface area contributed by atoms with Gasteiger partial charge in [-0.05, 0) is 73.6 Å². The maximum Gasteiger partial charge on any atom is 0.342 e. The summed E-state index contributed by atoms with van der Waals surface area (Å²) in [4.78, 5) is 49.1. The highest BCUT2D eigenvalue weighted by Gasteiger charge is 2.30. The van der Waals surface area contributed by atoms with Crippen LogP contribution in [-0.4, -0.2) is 97.2 Å². The van der Waals surface area contributed by atoms with Crippen molar-refractivity contribution >= 4 is 24.2 Å². The molecule has 2 aromatic rings. The first-order valence-corrected chi connectivity index (χ1v) is 20.9. The number of ether oxygens (including phenoxy) is 9. The number of carbonyl (C=O) groups excluding carboxylic acids is 4. The van der Waals surface area contributed by atoms with Crippen molar-refractivity contribution in [2.45, 2.75) is 115 Å². The minimum atomic E-state index is -0.545. The lowest BCUT2D eigenvalue weighted by molar-refractivity contribution is -0.136. The van der Waals surface area contributed by atoms with Crippen molar-refractivity contribution in [3.05, 3.63) is 83.5 Å². The van der Waals surface area contributed by atoms with Crippen molar-refractivity contribution in [2.75, 3.05) is 48.6 Å². The molecule has 0 radical (unpaired) electrons. The zero-order valence-electron chi connectivity index (χ0n) is 36.4. The van der Waals surface area contributed by atoms with Gasteiger partial charge in [-0.25, -0.2) is 14.4 Å². The molecule has 0 aromatic heterocycles. The van der Waals surface area contributed by atoms with Crippen molar-refractivity contribution in [1.82, 2.24) is 0 Å². The van der Waals surface area contributed by atoms with E-state index in [4.69, 9.17) is 42.6 Å². The molecular formula is C47H66O13. The first-order chi connectivity index (χ1) is 29.1. The van der Waals surface area contributed by atoms with E-state index in [0.29, 0.717) is 41.9 Å². The van der Waals surface area contributed by atoms with Gasteiger partial charge in [0, 0.05) is 46.0 Å². The molecule has 2 aliphatic heterocycles. The van der Waals surface area contributed by atoms with Crippen LogP contribution in [0.3, 0.4) is 0 Å². The number of hydrogen-bond donors (Lipinski definition) is 0. The zero-order valence-corrected chi connectivity index (χ0v) is 36.4. The average molecular weight is 839 g/mol. The van der Waals surface area contributed by atoms with Crippen molar-refractivity contribution in [2.24, 2.45) is 11.8 Å². The van der Waals surface area contributed by atoms with Gasteiger partial charge in [-0.1, -0.05) is 69.7 Å². The van der Waals surface area contributed by atoms with Crippen molar-refractivity contribution in [3.63, 3.8) is 0 Å². The minimum absolute atomic E-state index is 0.135. The van der Waals surface area contributed by atoms with Crippen molar-refractivity contribution in [3.8, 4) is 11.5 Å². The lowest BCUT2D eigenvalue weighted by Gasteiger charge is -2.29. The van der Waals surface area contributed by atoms with E-state index in [1.165, 1.54) is 19.3 Å². The SMILES string of the molecule is C=CCOC(=O)/C=C/C[C@H]1C[C@@H](OCOC)[C@@H](C)CCCCc2cccc(OC)c2C(=O)O1.COCO[C@@H]1C[C@H](CC=O)OC(=O)c2c(cccc2OC)CCCC[C@@H]1C. The van der Waals surface area contributed by atoms with Gasteiger partial charge in [0.1, 0.15) is 61.3 Å². The molecule has 2 heterocycles. The number of carbonyl (C=O) groups is 4. The van der Waals surface area contributed by atoms with Crippen LogP contribution in [0.1, 0.15) is 110 Å². The van der Waals surface area contributed by atoms with Gasteiger partial charge in [0.15, 0.2) is 0 Å². The van der Waals surface area contributed by atoms with Crippen LogP contribution in [0.2, 0.25) is 0 Å². The standard InChI is InChI=1S/C26H36O7.C21H30O6/c1-5-16-31-24(27)15-9-13-21-17-23(32-18-29-3)19(2)10-6-7-11-20-12-8-14-22(30-4)25(20)26(28)33-21;1-15-7-4-5-8-16-9-6-10-18(25-3)20(16)21(23)27-17(11-12-22)13-19(15)26-14-24-2/h5,8-9,12,14-15,19,21,23H,1,6-7,10-11,13,16-18H2,2-4H3;6,9-10,12,15,17,19H,4-5,7-8,11,13-14H2,1-3H3/b15-9+;/t19-,21-,23+;15-,17-,19+/m00/s1. The smallest absolute Gasteiger partial charge is 0.342 e. The normalized spacial score (nSPS) is 22.9. The fraction of sp³-hybridized carbons (Fsp3) is 0.574. The molecule has 13 nitrogen and oxygen atoms in total. The van der Waals surface area contributed by atoms with E-state index >= 15 is 0 Å². The summed E-state index contributed by atoms with van der Waals surface area (Å²) < 4.78 is 49.4. The van der Waals surface area contributed by atoms with E-state index in [2.05, 4.69) is 20.4 Å². The lowest BCUT2D eigenvalue weighted by Crippen LogP contribution is -2.31. The molecule has 0 N–H and O–H groups in total. The van der Waals surface area contributed by atoms with E-state index in [9.17, 15) is 19.2 Å². The van der Waals surface area contributed by atoms with Crippen LogP contribution in [0.15, 0.2) is 61.2 Å². The predicted octanol–water partition coefficient (Wildman–Crippen LogP) is 8.19. The molecule has 6 atom stereocenters. The van der Waals surface area contributed by atoms with Crippen LogP contribution in [-0.2, 0) is 55.6 Å². The Kier molecular flexibility index (Phi) is 23.3. The third kappa shape index (κ3) is 16.5. The fourth-order valence-electron chi connectivity index (χ4n) is 7.49. The number of benzene rings is 2. The fourth-order valence-corrected chi connectivity index (χ4v) is 7.49. The number of methoxy groups -OCH3 is 4. The molecule has 2 aliphatic rings. The molecule has 0 fully saturated rings. The third-order valence-corrected chi connectivity index (χ3v) is 10.7. The molecule has 60 heavy (non-hydrogen) atoms. The summed E-state index contributed by atoms with van der Waals surface area (Å²) >= 11 is 0. The molecule has 0 spiro atoms. The Bertz CT molecular complexity index is 1660. The average Bonchev–Trinajstić information content (AvgIpc) is 3.24. The Morgan fingerprint density at radius 1 is 0.733 bits per heavy atom. The van der Waals surface area contributed by atoms with Crippen molar-refractivity contribution in [1.29, 1.82) is 0 Å². The van der Waals surface area contributed by atoms with Gasteiger partial charge in [-0.15, -0.1) is 0 Å². The minimum Gasteiger partial charge on any atom is -0.496 e. The Labute approximate surface area is 356 Å². The number of rotatable bonds is 15. The van der Waals surface area contributed by atoms with Crippen molar-refractivity contribution < 1.29 is 61.8 Å². The highest BCUT2D eigenvalue weighted by molar-refractivity contribution is 5.95. The Hall–Kier alpha value is -4.56. The molecular weight excluding hydrogens is 773 g/mol. The number of fused-ring (bicyclic) bond motifs is 2. The Balaban J connectivity index is 0.000000327. The predicted molar refractivity (Wildman–Crippen MR) is 226 cm³/mol. The second-order valence-electron chi connectivity index (χ2n) is 15.1. The van der Waals surface area contributed by atoms with E-state index in [1.54, 1.807) is 39.5 Å². The highest BCUT2D eigenvalue weighted by atomic mass is 16.7. The second-order valence-corrected chi connectivity index (χ2v) is 15.1. The summed E-state index contributed by atoms with van der Waals surface area (Å²) in [7, 11) is 6.24. The molecule has 0 amide bonds. The second kappa shape index (κ2) is 28.1. The highest BCUT2D eigenvalue weighted by Crippen LogP contribution is 2.31. The number of hydrogen-bond acceptors (Lipinski definition) is 13. The monoisotopic (exact) mass is 838 g/mol. The maximum absolute atomic E-state index is 13.3. The summed E-state index contributed by atoms with van der Waals surface area (Å²) in [5.41, 5.74) is 2.76. The molecule has 0 saturated carbocycles.